The summed E-state index contributed by atoms with van der Waals surface area (Å²) in [6.45, 7) is 0.225. The summed E-state index contributed by atoms with van der Waals surface area (Å²) in [6.07, 6.45) is 9.02. The summed E-state index contributed by atoms with van der Waals surface area (Å²) in [5.74, 6) is 0. The minimum atomic E-state index is -3.50. The van der Waals surface area contributed by atoms with Gasteiger partial charge in [0.1, 0.15) is 5.54 Å². The number of aryl methyl sites for hydroxylation is 1. The highest BCUT2D eigenvalue weighted by atomic mass is 35.5. The average molecular weight is 596 g/mol. The van der Waals surface area contributed by atoms with E-state index in [0.717, 1.165) is 47.2 Å². The first-order valence-electron chi connectivity index (χ1n) is 14.1. The number of imidazole rings is 1. The van der Waals surface area contributed by atoms with Crippen LogP contribution in [0.3, 0.4) is 0 Å². The Morgan fingerprint density at radius 3 is 1.86 bits per heavy atom. The second-order valence-corrected chi connectivity index (χ2v) is 12.3. The van der Waals surface area contributed by atoms with Gasteiger partial charge in [-0.15, -0.1) is 0 Å². The molecule has 0 atom stereocenters. The van der Waals surface area contributed by atoms with E-state index in [1.165, 1.54) is 5.41 Å². The molecular formula is C35H34ClN3O2S. The van der Waals surface area contributed by atoms with Crippen molar-refractivity contribution in [3.05, 3.63) is 172 Å². The molecule has 7 heteroatoms. The maximum atomic E-state index is 12.3. The van der Waals surface area contributed by atoms with Gasteiger partial charge in [-0.05, 0) is 60.1 Å². The molecule has 0 radical (unpaired) electrons. The third-order valence-corrected chi connectivity index (χ3v) is 8.67. The highest BCUT2D eigenvalue weighted by Gasteiger charge is 2.38. The normalized spacial score (nSPS) is 12.1. The van der Waals surface area contributed by atoms with Crippen molar-refractivity contribution in [3.8, 4) is 0 Å². The fraction of sp³-hybridized carbons (Fsp3) is 0.171. The first-order valence-corrected chi connectivity index (χ1v) is 16.0. The van der Waals surface area contributed by atoms with Crippen LogP contribution in [-0.4, -0.2) is 18.0 Å². The third-order valence-electron chi connectivity index (χ3n) is 7.32. The fourth-order valence-electron chi connectivity index (χ4n) is 5.26. The minimum Gasteiger partial charge on any atom is -0.319 e. The van der Waals surface area contributed by atoms with E-state index in [2.05, 4.69) is 88.3 Å². The molecule has 0 saturated carbocycles. The van der Waals surface area contributed by atoms with E-state index in [1.54, 1.807) is 30.3 Å². The lowest BCUT2D eigenvalue weighted by molar-refractivity contribution is 0.514. The van der Waals surface area contributed by atoms with Crippen molar-refractivity contribution in [2.45, 2.75) is 37.8 Å². The molecule has 0 amide bonds. The molecule has 42 heavy (non-hydrogen) atoms. The van der Waals surface area contributed by atoms with Gasteiger partial charge in [0.05, 0.1) is 12.0 Å². The van der Waals surface area contributed by atoms with Gasteiger partial charge >= 0.3 is 0 Å². The largest absolute Gasteiger partial charge is 0.319 e. The molecule has 1 aromatic heterocycles. The number of benzene rings is 4. The number of hydrogen-bond donors (Lipinski definition) is 1. The molecular weight excluding hydrogens is 562 g/mol. The summed E-state index contributed by atoms with van der Waals surface area (Å²) in [6, 6.07) is 38.7. The predicted molar refractivity (Wildman–Crippen MR) is 171 cm³/mol. The van der Waals surface area contributed by atoms with Crippen LogP contribution in [-0.2, 0) is 28.5 Å². The van der Waals surface area contributed by atoms with E-state index in [-0.39, 0.29) is 6.54 Å². The maximum Gasteiger partial charge on any atom is 0.233 e. The quantitative estimate of drug-likeness (QED) is 0.112. The Balaban J connectivity index is 1.26. The second kappa shape index (κ2) is 13.8. The summed E-state index contributed by atoms with van der Waals surface area (Å²) >= 11 is 5.89. The van der Waals surface area contributed by atoms with Crippen LogP contribution < -0.4 is 4.72 Å². The first kappa shape index (κ1) is 29.5. The number of rotatable bonds is 13. The minimum absolute atomic E-state index is 0.225. The van der Waals surface area contributed by atoms with Crippen LogP contribution in [0.5, 0.6) is 0 Å². The van der Waals surface area contributed by atoms with Gasteiger partial charge in [-0.25, -0.2) is 18.1 Å². The van der Waals surface area contributed by atoms with E-state index in [0.29, 0.717) is 11.4 Å². The van der Waals surface area contributed by atoms with Crippen LogP contribution in [0.25, 0.3) is 0 Å². The molecule has 5 aromatic rings. The molecule has 0 unspecified atom stereocenters. The Hall–Kier alpha value is -3.97. The van der Waals surface area contributed by atoms with Gasteiger partial charge in [0.15, 0.2) is 0 Å². The Morgan fingerprint density at radius 1 is 0.762 bits per heavy atom. The van der Waals surface area contributed by atoms with Crippen molar-refractivity contribution < 1.29 is 8.42 Å². The Morgan fingerprint density at radius 2 is 1.31 bits per heavy atom. The number of nitrogens with one attached hydrogen (secondary N) is 1. The molecule has 5 nitrogen and oxygen atoms in total. The lowest BCUT2D eigenvalue weighted by Gasteiger charge is -2.37. The number of allylic oxidation sites excluding steroid dienone is 1. The van der Waals surface area contributed by atoms with Crippen molar-refractivity contribution in [3.63, 3.8) is 0 Å². The summed E-state index contributed by atoms with van der Waals surface area (Å²) < 4.78 is 29.5. The summed E-state index contributed by atoms with van der Waals surface area (Å²) in [5.41, 5.74) is 4.74. The van der Waals surface area contributed by atoms with Crippen LogP contribution in [0.15, 0.2) is 139 Å². The van der Waals surface area contributed by atoms with Gasteiger partial charge in [-0.2, -0.15) is 0 Å². The van der Waals surface area contributed by atoms with Gasteiger partial charge in [-0.3, -0.25) is 0 Å². The van der Waals surface area contributed by atoms with E-state index >= 15 is 0 Å². The van der Waals surface area contributed by atoms with Crippen molar-refractivity contribution >= 4 is 21.6 Å². The van der Waals surface area contributed by atoms with Crippen LogP contribution in [0, 0.1) is 0 Å². The smallest absolute Gasteiger partial charge is 0.233 e. The molecule has 0 aliphatic heterocycles. The van der Waals surface area contributed by atoms with Gasteiger partial charge in [0.25, 0.3) is 0 Å². The Bertz CT molecular complexity index is 1590. The van der Waals surface area contributed by atoms with E-state index < -0.39 is 15.6 Å². The molecule has 214 valence electrons. The summed E-state index contributed by atoms with van der Waals surface area (Å²) in [7, 11) is -3.50. The highest BCUT2D eigenvalue weighted by Crippen LogP contribution is 2.40. The molecule has 0 spiro atoms. The molecule has 0 aliphatic carbocycles. The zero-order valence-corrected chi connectivity index (χ0v) is 24.9. The van der Waals surface area contributed by atoms with E-state index in [1.807, 2.05) is 24.5 Å². The van der Waals surface area contributed by atoms with Crippen molar-refractivity contribution in [2.75, 3.05) is 0 Å². The van der Waals surface area contributed by atoms with E-state index in [4.69, 9.17) is 16.6 Å². The topological polar surface area (TPSA) is 64.0 Å². The molecule has 1 heterocycles. The standard InChI is InChI=1S/C35H34ClN3O2S/c36-33-23-21-29(22-24-33)26-38-42(40,41)25-13-2-1-12-20-34-27-39(28-37-34)35(30-14-6-3-7-15-30,31-16-8-4-9-17-31)32-18-10-5-11-19-32/h3-11,13-19,21-25,27-28,38H,1-2,12,20,26H2. The SMILES string of the molecule is O=S(=O)(C=CCCCCc1cn(C(c2ccccc2)(c2ccccc2)c2ccccc2)cn1)NCc1ccc(Cl)cc1. The maximum absolute atomic E-state index is 12.3. The lowest BCUT2D eigenvalue weighted by Crippen LogP contribution is -2.36. The Kier molecular flexibility index (Phi) is 9.70. The predicted octanol–water partition coefficient (Wildman–Crippen LogP) is 7.72. The zero-order valence-electron chi connectivity index (χ0n) is 23.3. The molecule has 5 rings (SSSR count). The average Bonchev–Trinajstić information content (AvgIpc) is 3.50. The monoisotopic (exact) mass is 595 g/mol. The van der Waals surface area contributed by atoms with Gasteiger partial charge < -0.3 is 4.57 Å². The number of nitrogens with zero attached hydrogens (tertiary/aromatic N) is 2. The number of hydrogen-bond acceptors (Lipinski definition) is 3. The molecule has 0 fully saturated rings. The van der Waals surface area contributed by atoms with Gasteiger partial charge in [-0.1, -0.05) is 121 Å². The van der Waals surface area contributed by atoms with Crippen LogP contribution in [0.4, 0.5) is 0 Å². The van der Waals surface area contributed by atoms with Gasteiger partial charge in [0, 0.05) is 23.2 Å². The summed E-state index contributed by atoms with van der Waals surface area (Å²) in [4.78, 5) is 4.81. The first-order chi connectivity index (χ1) is 20.5. The highest BCUT2D eigenvalue weighted by molar-refractivity contribution is 7.92. The van der Waals surface area contributed by atoms with Gasteiger partial charge in [0.2, 0.25) is 10.0 Å². The van der Waals surface area contributed by atoms with Crippen LogP contribution in [0.1, 0.15) is 47.2 Å². The fourth-order valence-corrected chi connectivity index (χ4v) is 6.24. The molecule has 0 saturated heterocycles. The summed E-state index contributed by atoms with van der Waals surface area (Å²) in [5, 5.41) is 1.88. The van der Waals surface area contributed by atoms with E-state index in [9.17, 15) is 8.42 Å². The molecule has 0 bridgehead atoms. The van der Waals surface area contributed by atoms with Crippen molar-refractivity contribution in [1.82, 2.24) is 14.3 Å². The zero-order chi connectivity index (χ0) is 29.3. The molecule has 0 aliphatic rings. The number of unbranched alkanes of at least 4 members (excludes halogenated alkanes) is 2. The van der Waals surface area contributed by atoms with Crippen molar-refractivity contribution in [1.29, 1.82) is 0 Å². The number of sulfonamides is 1. The lowest BCUT2D eigenvalue weighted by atomic mass is 9.77. The third kappa shape index (κ3) is 7.08. The Labute approximate surface area is 253 Å². The van der Waals surface area contributed by atoms with Crippen LogP contribution in [0.2, 0.25) is 5.02 Å². The number of aromatic nitrogens is 2. The molecule has 1 N–H and O–H groups in total. The number of halogens is 1. The van der Waals surface area contributed by atoms with Crippen molar-refractivity contribution in [2.24, 2.45) is 0 Å². The second-order valence-electron chi connectivity index (χ2n) is 10.2. The van der Waals surface area contributed by atoms with Crippen LogP contribution >= 0.6 is 11.6 Å². The molecule has 4 aromatic carbocycles.